The first-order valence-electron chi connectivity index (χ1n) is 18.7. The lowest BCUT2D eigenvalue weighted by Gasteiger charge is -2.31. The maximum absolute atomic E-state index is 2.50. The van der Waals surface area contributed by atoms with Gasteiger partial charge in [-0.15, -0.1) is 0 Å². The Balaban J connectivity index is 1.51. The highest BCUT2D eigenvalue weighted by Gasteiger charge is 2.25. The van der Waals surface area contributed by atoms with Crippen molar-refractivity contribution in [2.75, 3.05) is 9.80 Å². The van der Waals surface area contributed by atoms with Crippen molar-refractivity contribution < 1.29 is 0 Å². The molecule has 8 aromatic rings. The summed E-state index contributed by atoms with van der Waals surface area (Å²) >= 11 is 0. The average molecular weight is 677 g/mol. The molecule has 8 aromatic carbocycles. The molecule has 0 aliphatic heterocycles. The lowest BCUT2D eigenvalue weighted by atomic mass is 9.83. The van der Waals surface area contributed by atoms with Gasteiger partial charge >= 0.3 is 0 Å². The maximum Gasteiger partial charge on any atom is 0.0540 e. The maximum atomic E-state index is 2.50. The minimum absolute atomic E-state index is 0.340. The Morgan fingerprint density at radius 3 is 0.846 bits per heavy atom. The normalized spacial score (nSPS) is 11.8. The predicted octanol–water partition coefficient (Wildman–Crippen LogP) is 15.0. The molecule has 2 heteroatoms. The molecule has 0 spiro atoms. The third-order valence-electron chi connectivity index (χ3n) is 10.8. The van der Waals surface area contributed by atoms with E-state index >= 15 is 0 Å². The van der Waals surface area contributed by atoms with E-state index in [-0.39, 0.29) is 0 Å². The van der Waals surface area contributed by atoms with Crippen molar-refractivity contribution in [3.63, 3.8) is 0 Å². The Morgan fingerprint density at radius 2 is 0.596 bits per heavy atom. The fourth-order valence-electron chi connectivity index (χ4n) is 7.97. The van der Waals surface area contributed by atoms with Gasteiger partial charge in [0.15, 0.2) is 0 Å². The Kier molecular flexibility index (Phi) is 8.50. The second-order valence-corrected chi connectivity index (χ2v) is 15.4. The van der Waals surface area contributed by atoms with E-state index in [1.54, 1.807) is 0 Å². The van der Waals surface area contributed by atoms with Crippen LogP contribution >= 0.6 is 0 Å². The zero-order chi connectivity index (χ0) is 36.3. The summed E-state index contributed by atoms with van der Waals surface area (Å²) in [6.07, 6.45) is 0. The quantitative estimate of drug-likeness (QED) is 0.148. The minimum Gasteiger partial charge on any atom is -0.310 e. The van der Waals surface area contributed by atoms with E-state index in [4.69, 9.17) is 0 Å². The van der Waals surface area contributed by atoms with E-state index in [1.165, 1.54) is 77.1 Å². The number of hydrogen-bond donors (Lipinski definition) is 0. The zero-order valence-electron chi connectivity index (χ0n) is 31.8. The summed E-state index contributed by atoms with van der Waals surface area (Å²) in [7, 11) is 0. The van der Waals surface area contributed by atoms with Gasteiger partial charge in [0.2, 0.25) is 0 Å². The second kappa shape index (κ2) is 13.2. The summed E-state index contributed by atoms with van der Waals surface area (Å²) in [5, 5.41) is 7.94. The van der Waals surface area contributed by atoms with Crippen LogP contribution in [0.2, 0.25) is 0 Å². The largest absolute Gasteiger partial charge is 0.310 e. The van der Waals surface area contributed by atoms with E-state index < -0.39 is 0 Å². The molecule has 0 fully saturated rings. The van der Waals surface area contributed by atoms with Crippen molar-refractivity contribution >= 4 is 66.4 Å². The smallest absolute Gasteiger partial charge is 0.0540 e. The fraction of sp³-hybridized carbons (Fsp3) is 0.200. The lowest BCUT2D eigenvalue weighted by Crippen LogP contribution is -2.12. The highest BCUT2D eigenvalue weighted by atomic mass is 15.1. The van der Waals surface area contributed by atoms with E-state index in [1.807, 2.05) is 0 Å². The molecule has 0 saturated carbocycles. The molecule has 0 aromatic heterocycles. The summed E-state index contributed by atoms with van der Waals surface area (Å²) in [6.45, 7) is 18.0. The third-order valence-corrected chi connectivity index (χ3v) is 10.8. The van der Waals surface area contributed by atoms with Gasteiger partial charge in [0.1, 0.15) is 0 Å². The molecule has 0 heterocycles. The van der Waals surface area contributed by atoms with E-state index in [2.05, 4.69) is 199 Å². The fourth-order valence-corrected chi connectivity index (χ4v) is 7.97. The summed E-state index contributed by atoms with van der Waals surface area (Å²) in [5.41, 5.74) is 14.8. The third kappa shape index (κ3) is 5.77. The SMILES string of the molecule is Cc1ccc(N(c2ccc(C)cc2)c2ccc3c(C(C)C)cc4c(N(c5ccc(C)cc5)c5ccc(C)cc5)ccc5c(C(C)C)cc2c3c54)cc1. The first-order chi connectivity index (χ1) is 25.1. The van der Waals surface area contributed by atoms with Crippen LogP contribution in [0.15, 0.2) is 133 Å². The van der Waals surface area contributed by atoms with Gasteiger partial charge in [-0.2, -0.15) is 0 Å². The molecule has 0 N–H and O–H groups in total. The number of hydrogen-bond acceptors (Lipinski definition) is 2. The standard InChI is InChI=1S/C50H48N2/c1-31(2)43-29-45-47(51(37-17-9-33(5)10-18-37)38-19-11-34(6)12-20-38)28-26-42-44(32(3)4)30-46-48(27-25-41(43)49(46)50(42)45)52(39-21-13-35(7)14-22-39)40-23-15-36(8)16-24-40/h9-32H,1-8H3. The molecule has 258 valence electrons. The van der Waals surface area contributed by atoms with Crippen LogP contribution in [-0.4, -0.2) is 0 Å². The molecular weight excluding hydrogens is 629 g/mol. The van der Waals surface area contributed by atoms with Crippen LogP contribution in [0.3, 0.4) is 0 Å². The van der Waals surface area contributed by atoms with Crippen molar-refractivity contribution in [3.8, 4) is 0 Å². The van der Waals surface area contributed by atoms with Crippen LogP contribution < -0.4 is 9.80 Å². The van der Waals surface area contributed by atoms with Gasteiger partial charge in [-0.1, -0.05) is 111 Å². The predicted molar refractivity (Wildman–Crippen MR) is 227 cm³/mol. The Morgan fingerprint density at radius 1 is 0.327 bits per heavy atom. The second-order valence-electron chi connectivity index (χ2n) is 15.4. The van der Waals surface area contributed by atoms with Crippen molar-refractivity contribution in [1.82, 2.24) is 0 Å². The summed E-state index contributed by atoms with van der Waals surface area (Å²) in [6, 6.07) is 50.4. The lowest BCUT2D eigenvalue weighted by molar-refractivity contribution is 0.876. The summed E-state index contributed by atoms with van der Waals surface area (Å²) in [5.74, 6) is 0.681. The zero-order valence-corrected chi connectivity index (χ0v) is 31.8. The Bertz CT molecular complexity index is 2250. The number of rotatable bonds is 8. The molecule has 0 saturated heterocycles. The molecule has 8 rings (SSSR count). The topological polar surface area (TPSA) is 6.48 Å². The van der Waals surface area contributed by atoms with Crippen molar-refractivity contribution in [2.24, 2.45) is 0 Å². The van der Waals surface area contributed by atoms with Gasteiger partial charge < -0.3 is 9.80 Å². The van der Waals surface area contributed by atoms with Gasteiger partial charge in [-0.05, 0) is 145 Å². The van der Waals surface area contributed by atoms with Gasteiger partial charge in [-0.25, -0.2) is 0 Å². The van der Waals surface area contributed by atoms with Gasteiger partial charge in [-0.3, -0.25) is 0 Å². The van der Waals surface area contributed by atoms with Crippen molar-refractivity contribution in [2.45, 2.75) is 67.2 Å². The molecule has 0 amide bonds. The van der Waals surface area contributed by atoms with Crippen LogP contribution in [-0.2, 0) is 0 Å². The van der Waals surface area contributed by atoms with Gasteiger partial charge in [0.05, 0.1) is 11.4 Å². The molecule has 0 aliphatic carbocycles. The molecule has 0 atom stereocenters. The first kappa shape index (κ1) is 33.5. The molecule has 2 nitrogen and oxygen atoms in total. The van der Waals surface area contributed by atoms with Crippen molar-refractivity contribution in [1.29, 1.82) is 0 Å². The van der Waals surface area contributed by atoms with Gasteiger partial charge in [0, 0.05) is 33.5 Å². The summed E-state index contributed by atoms with van der Waals surface area (Å²) in [4.78, 5) is 4.91. The average Bonchev–Trinajstić information content (AvgIpc) is 3.14. The van der Waals surface area contributed by atoms with Crippen LogP contribution in [0.1, 0.15) is 72.9 Å². The van der Waals surface area contributed by atoms with E-state index in [9.17, 15) is 0 Å². The van der Waals surface area contributed by atoms with Crippen LogP contribution in [0.4, 0.5) is 34.1 Å². The molecular formula is C50H48N2. The molecule has 52 heavy (non-hydrogen) atoms. The first-order valence-corrected chi connectivity index (χ1v) is 18.7. The van der Waals surface area contributed by atoms with Crippen molar-refractivity contribution in [3.05, 3.63) is 167 Å². The number of anilines is 6. The highest BCUT2D eigenvalue weighted by Crippen LogP contribution is 2.51. The molecule has 0 radical (unpaired) electrons. The highest BCUT2D eigenvalue weighted by molar-refractivity contribution is 6.29. The van der Waals surface area contributed by atoms with E-state index in [0.717, 1.165) is 22.7 Å². The molecule has 0 bridgehead atoms. The van der Waals surface area contributed by atoms with Crippen LogP contribution in [0.25, 0.3) is 32.3 Å². The Labute approximate surface area is 309 Å². The molecule has 0 aliphatic rings. The Hall–Kier alpha value is -5.60. The van der Waals surface area contributed by atoms with Crippen LogP contribution in [0.5, 0.6) is 0 Å². The number of aryl methyl sites for hydroxylation is 4. The molecule has 0 unspecified atom stereocenters. The van der Waals surface area contributed by atoms with E-state index in [0.29, 0.717) is 11.8 Å². The monoisotopic (exact) mass is 676 g/mol. The van der Waals surface area contributed by atoms with Gasteiger partial charge in [0.25, 0.3) is 0 Å². The van der Waals surface area contributed by atoms with Crippen LogP contribution in [0, 0.1) is 27.7 Å². The number of nitrogens with zero attached hydrogens (tertiary/aromatic N) is 2. The number of benzene rings is 8. The minimum atomic E-state index is 0.340. The summed E-state index contributed by atoms with van der Waals surface area (Å²) < 4.78 is 0.